The molecule has 1 saturated heterocycles. The fourth-order valence-corrected chi connectivity index (χ4v) is 4.09. The van der Waals surface area contributed by atoms with Crippen molar-refractivity contribution in [2.75, 3.05) is 31.6 Å². The van der Waals surface area contributed by atoms with Crippen molar-refractivity contribution in [3.63, 3.8) is 0 Å². The first-order valence-electron chi connectivity index (χ1n) is 8.85. The first-order chi connectivity index (χ1) is 12.7. The summed E-state index contributed by atoms with van der Waals surface area (Å²) in [6.45, 7) is 2.97. The van der Waals surface area contributed by atoms with Gasteiger partial charge in [-0.05, 0) is 30.9 Å². The average Bonchev–Trinajstić information content (AvgIpc) is 2.67. The van der Waals surface area contributed by atoms with Crippen molar-refractivity contribution >= 4 is 29.3 Å². The summed E-state index contributed by atoms with van der Waals surface area (Å²) in [6.07, 6.45) is 6.27. The maximum Gasteiger partial charge on any atom is 0.253 e. The van der Waals surface area contributed by atoms with E-state index in [1.165, 1.54) is 11.8 Å². The summed E-state index contributed by atoms with van der Waals surface area (Å²) in [4.78, 5) is 19.2. The smallest absolute Gasteiger partial charge is 0.253 e. The van der Waals surface area contributed by atoms with Gasteiger partial charge in [0.25, 0.3) is 5.91 Å². The number of hydrogen-bond acceptors (Lipinski definition) is 4. The van der Waals surface area contributed by atoms with Gasteiger partial charge in [-0.25, -0.2) is 0 Å². The largest absolute Gasteiger partial charge is 0.347 e. The monoisotopic (exact) mass is 389 g/mol. The molecule has 0 aliphatic carbocycles. The molecule has 1 fully saturated rings. The molecule has 0 radical (unpaired) electrons. The molecular formula is C20H24ClN3OS. The summed E-state index contributed by atoms with van der Waals surface area (Å²) in [5, 5.41) is 3.71. The van der Waals surface area contributed by atoms with Crippen molar-refractivity contribution in [1.82, 2.24) is 15.2 Å². The van der Waals surface area contributed by atoms with Crippen LogP contribution in [0.5, 0.6) is 0 Å². The Morgan fingerprint density at radius 2 is 2.15 bits per heavy atom. The molecule has 1 aromatic heterocycles. The van der Waals surface area contributed by atoms with Gasteiger partial charge in [-0.1, -0.05) is 41.9 Å². The second-order valence-corrected chi connectivity index (χ2v) is 7.99. The lowest BCUT2D eigenvalue weighted by molar-refractivity contribution is 0.0891. The summed E-state index contributed by atoms with van der Waals surface area (Å²) in [5.74, 6) is 1.31. The van der Waals surface area contributed by atoms with Crippen LogP contribution in [-0.2, 0) is 0 Å². The van der Waals surface area contributed by atoms with Crippen LogP contribution in [0.25, 0.3) is 0 Å². The minimum absolute atomic E-state index is 0.0690. The van der Waals surface area contributed by atoms with E-state index >= 15 is 0 Å². The molecule has 0 spiro atoms. The summed E-state index contributed by atoms with van der Waals surface area (Å²) < 4.78 is 0. The van der Waals surface area contributed by atoms with Gasteiger partial charge in [0, 0.05) is 43.2 Å². The second-order valence-electron chi connectivity index (χ2n) is 6.57. The van der Waals surface area contributed by atoms with E-state index in [1.54, 1.807) is 12.3 Å². The molecule has 1 aromatic carbocycles. The number of aromatic nitrogens is 1. The zero-order valence-corrected chi connectivity index (χ0v) is 16.5. The van der Waals surface area contributed by atoms with E-state index < -0.39 is 0 Å². The van der Waals surface area contributed by atoms with Crippen molar-refractivity contribution in [3.05, 3.63) is 64.9 Å². The molecule has 2 heterocycles. The van der Waals surface area contributed by atoms with Crippen LogP contribution >= 0.6 is 23.4 Å². The Labute approximate surface area is 164 Å². The number of hydrogen-bond donors (Lipinski definition) is 1. The van der Waals surface area contributed by atoms with Gasteiger partial charge in [-0.15, -0.1) is 0 Å². The average molecular weight is 390 g/mol. The number of thioether (sulfide) groups is 1. The van der Waals surface area contributed by atoms with Gasteiger partial charge in [0.2, 0.25) is 0 Å². The number of likely N-dealkylation sites (tertiary alicyclic amines) is 1. The highest BCUT2D eigenvalue weighted by molar-refractivity contribution is 7.98. The number of nitrogens with one attached hydrogen (secondary N) is 1. The maximum absolute atomic E-state index is 12.7. The number of nitrogens with zero attached hydrogens (tertiary/aromatic N) is 2. The third-order valence-electron chi connectivity index (χ3n) is 4.82. The van der Waals surface area contributed by atoms with Crippen LogP contribution in [0.15, 0.2) is 48.8 Å². The summed E-state index contributed by atoms with van der Waals surface area (Å²) in [6, 6.07) is 12.2. The number of carbonyl (C=O) groups is 1. The minimum atomic E-state index is -0.113. The first-order valence-corrected chi connectivity index (χ1v) is 10.6. The van der Waals surface area contributed by atoms with Crippen molar-refractivity contribution < 1.29 is 4.79 Å². The van der Waals surface area contributed by atoms with E-state index in [1.807, 2.05) is 17.8 Å². The Morgan fingerprint density at radius 1 is 1.35 bits per heavy atom. The van der Waals surface area contributed by atoms with Crippen LogP contribution in [-0.4, -0.2) is 53.5 Å². The molecule has 0 unspecified atom stereocenters. The number of carbonyl (C=O) groups excluding carboxylic acids is 1. The molecular weight excluding hydrogens is 366 g/mol. The highest BCUT2D eigenvalue weighted by Gasteiger charge is 2.31. The maximum atomic E-state index is 12.7. The zero-order valence-electron chi connectivity index (χ0n) is 14.9. The summed E-state index contributed by atoms with van der Waals surface area (Å²) in [5.41, 5.74) is 1.79. The molecule has 2 aromatic rings. The number of rotatable bonds is 6. The minimum Gasteiger partial charge on any atom is -0.347 e. The van der Waals surface area contributed by atoms with Gasteiger partial charge >= 0.3 is 0 Å². The van der Waals surface area contributed by atoms with Crippen LogP contribution in [0.1, 0.15) is 28.3 Å². The predicted octanol–water partition coefficient (Wildman–Crippen LogP) is 3.69. The quantitative estimate of drug-likeness (QED) is 0.818. The number of benzene rings is 1. The van der Waals surface area contributed by atoms with E-state index in [-0.39, 0.29) is 11.9 Å². The van der Waals surface area contributed by atoms with Gasteiger partial charge in [0.15, 0.2) is 0 Å². The Kier molecular flexibility index (Phi) is 6.94. The normalized spacial score (nSPS) is 20.7. The second kappa shape index (κ2) is 9.40. The van der Waals surface area contributed by atoms with Crippen LogP contribution in [0.2, 0.25) is 5.02 Å². The Balaban J connectivity index is 1.76. The van der Waals surface area contributed by atoms with Gasteiger partial charge in [-0.2, -0.15) is 11.8 Å². The number of piperidine rings is 1. The van der Waals surface area contributed by atoms with E-state index in [0.29, 0.717) is 16.5 Å². The van der Waals surface area contributed by atoms with E-state index in [2.05, 4.69) is 45.7 Å². The van der Waals surface area contributed by atoms with E-state index in [4.69, 9.17) is 11.6 Å². The lowest BCUT2D eigenvalue weighted by Crippen LogP contribution is -2.52. The summed E-state index contributed by atoms with van der Waals surface area (Å²) >= 11 is 7.84. The number of halogens is 1. The van der Waals surface area contributed by atoms with Crippen molar-refractivity contribution in [3.8, 4) is 0 Å². The zero-order chi connectivity index (χ0) is 18.4. The summed E-state index contributed by atoms with van der Waals surface area (Å²) in [7, 11) is 0. The number of amides is 1. The molecule has 138 valence electrons. The lowest BCUT2D eigenvalue weighted by Gasteiger charge is -2.39. The molecule has 1 aliphatic rings. The highest BCUT2D eigenvalue weighted by atomic mass is 35.5. The highest BCUT2D eigenvalue weighted by Crippen LogP contribution is 2.28. The molecule has 3 rings (SSSR count). The van der Waals surface area contributed by atoms with Crippen LogP contribution in [0.4, 0.5) is 0 Å². The fraction of sp³-hybridized carbons (Fsp3) is 0.400. The molecule has 4 nitrogen and oxygen atoms in total. The van der Waals surface area contributed by atoms with Crippen LogP contribution in [0.3, 0.4) is 0 Å². The molecule has 1 aliphatic heterocycles. The molecule has 6 heteroatoms. The van der Waals surface area contributed by atoms with Gasteiger partial charge in [-0.3, -0.25) is 9.78 Å². The standard InChI is InChI=1S/C20H24ClN3OS/c1-26-10-9-24-8-7-18(15-5-3-2-4-6-15)19(14-24)23-20(25)16-11-17(21)13-22-12-16/h2-6,11-13,18-19H,7-10,14H2,1H3,(H,23,25)/t18-,19-/m0/s1. The Bertz CT molecular complexity index is 728. The van der Waals surface area contributed by atoms with E-state index in [0.717, 1.165) is 31.8 Å². The molecule has 0 bridgehead atoms. The predicted molar refractivity (Wildman–Crippen MR) is 109 cm³/mol. The lowest BCUT2D eigenvalue weighted by atomic mass is 9.85. The first kappa shape index (κ1) is 19.2. The Hall–Kier alpha value is -1.56. The third kappa shape index (κ3) is 5.00. The van der Waals surface area contributed by atoms with Gasteiger partial charge in [0.1, 0.15) is 0 Å². The van der Waals surface area contributed by atoms with Gasteiger partial charge in [0.05, 0.1) is 10.6 Å². The van der Waals surface area contributed by atoms with Crippen molar-refractivity contribution in [1.29, 1.82) is 0 Å². The van der Waals surface area contributed by atoms with E-state index in [9.17, 15) is 4.79 Å². The molecule has 0 saturated carbocycles. The molecule has 1 N–H and O–H groups in total. The molecule has 2 atom stereocenters. The van der Waals surface area contributed by atoms with Crippen molar-refractivity contribution in [2.24, 2.45) is 0 Å². The molecule has 26 heavy (non-hydrogen) atoms. The molecule has 1 amide bonds. The fourth-order valence-electron chi connectivity index (χ4n) is 3.48. The SMILES string of the molecule is CSCCN1CC[C@@H](c2ccccc2)[C@@H](NC(=O)c2cncc(Cl)c2)C1. The van der Waals surface area contributed by atoms with Crippen LogP contribution in [0, 0.1) is 0 Å². The van der Waals surface area contributed by atoms with Crippen molar-refractivity contribution in [2.45, 2.75) is 18.4 Å². The topological polar surface area (TPSA) is 45.2 Å². The van der Waals surface area contributed by atoms with Crippen LogP contribution < -0.4 is 5.32 Å². The Morgan fingerprint density at radius 3 is 2.88 bits per heavy atom. The number of pyridine rings is 1. The van der Waals surface area contributed by atoms with Gasteiger partial charge < -0.3 is 10.2 Å². The third-order valence-corrected chi connectivity index (χ3v) is 5.62.